The third-order valence-corrected chi connectivity index (χ3v) is 6.06. The number of nitrogens with zero attached hydrogens (tertiary/aromatic N) is 1. The van der Waals surface area contributed by atoms with Gasteiger partial charge < -0.3 is 20.3 Å². The topological polar surface area (TPSA) is 70.7 Å². The van der Waals surface area contributed by atoms with Crippen molar-refractivity contribution in [2.75, 3.05) is 38.1 Å². The van der Waals surface area contributed by atoms with E-state index in [0.717, 1.165) is 35.2 Å². The van der Waals surface area contributed by atoms with Crippen molar-refractivity contribution >= 4 is 33.4 Å². The van der Waals surface area contributed by atoms with Gasteiger partial charge in [0.05, 0.1) is 4.47 Å². The van der Waals surface area contributed by atoms with Crippen LogP contribution in [0.25, 0.3) is 11.1 Å². The van der Waals surface area contributed by atoms with E-state index < -0.39 is 0 Å². The third-order valence-electron chi connectivity index (χ3n) is 5.44. The molecule has 0 unspecified atom stereocenters. The molecule has 0 aliphatic carbocycles. The molecule has 3 aromatic carbocycles. The molecule has 0 radical (unpaired) electrons. The van der Waals surface area contributed by atoms with Gasteiger partial charge in [-0.2, -0.15) is 0 Å². The summed E-state index contributed by atoms with van der Waals surface area (Å²) in [5.74, 6) is 0.180. The van der Waals surface area contributed by atoms with Crippen molar-refractivity contribution in [3.63, 3.8) is 0 Å². The lowest BCUT2D eigenvalue weighted by Crippen LogP contribution is -2.34. The van der Waals surface area contributed by atoms with E-state index in [1.54, 1.807) is 24.3 Å². The molecular formula is C27H30BrN3O3. The second-order valence-electron chi connectivity index (χ2n) is 7.71. The molecule has 3 aromatic rings. The number of ether oxygens (including phenoxy) is 1. The second-order valence-corrected chi connectivity index (χ2v) is 8.56. The van der Waals surface area contributed by atoms with Crippen molar-refractivity contribution < 1.29 is 14.3 Å². The lowest BCUT2D eigenvalue weighted by Gasteiger charge is -2.18. The molecule has 0 aliphatic heterocycles. The number of hydrogen-bond donors (Lipinski definition) is 2. The van der Waals surface area contributed by atoms with Gasteiger partial charge in [0.15, 0.2) is 6.61 Å². The highest BCUT2D eigenvalue weighted by atomic mass is 79.9. The Morgan fingerprint density at radius 1 is 0.912 bits per heavy atom. The van der Waals surface area contributed by atoms with Gasteiger partial charge in [0.2, 0.25) is 0 Å². The molecule has 7 heteroatoms. The molecule has 0 saturated heterocycles. The van der Waals surface area contributed by atoms with Crippen LogP contribution in [-0.4, -0.2) is 49.5 Å². The molecule has 0 saturated carbocycles. The van der Waals surface area contributed by atoms with E-state index in [2.05, 4.69) is 45.3 Å². The van der Waals surface area contributed by atoms with Crippen molar-refractivity contribution in [2.24, 2.45) is 0 Å². The fraction of sp³-hybridized carbons (Fsp3) is 0.259. The van der Waals surface area contributed by atoms with E-state index in [1.165, 1.54) is 0 Å². The lowest BCUT2D eigenvalue weighted by molar-refractivity contribution is -0.118. The molecule has 2 amide bonds. The summed E-state index contributed by atoms with van der Waals surface area (Å²) in [7, 11) is 0. The van der Waals surface area contributed by atoms with Gasteiger partial charge in [-0.1, -0.05) is 50.2 Å². The highest BCUT2D eigenvalue weighted by Gasteiger charge is 2.10. The minimum Gasteiger partial charge on any atom is -0.483 e. The van der Waals surface area contributed by atoms with Crippen molar-refractivity contribution in [2.45, 2.75) is 13.8 Å². The van der Waals surface area contributed by atoms with Crippen LogP contribution in [-0.2, 0) is 4.79 Å². The number of nitrogens with one attached hydrogen (secondary N) is 2. The standard InChI is InChI=1S/C27H30BrN3O3/c1-3-31(4-2)17-16-29-27(33)21-10-13-23(14-11-21)30-26(32)19-34-25-15-12-22(18-24(25)28)20-8-6-5-7-9-20/h5-15,18H,3-4,16-17,19H2,1-2H3,(H,29,33)(H,30,32). The first-order chi connectivity index (χ1) is 16.5. The van der Waals surface area contributed by atoms with Crippen molar-refractivity contribution in [3.05, 3.63) is 82.8 Å². The van der Waals surface area contributed by atoms with Crippen LogP contribution in [0.2, 0.25) is 0 Å². The molecule has 0 aliphatic rings. The minimum atomic E-state index is -0.282. The molecule has 34 heavy (non-hydrogen) atoms. The summed E-state index contributed by atoms with van der Waals surface area (Å²) >= 11 is 3.52. The molecule has 2 N–H and O–H groups in total. The minimum absolute atomic E-state index is 0.128. The van der Waals surface area contributed by atoms with E-state index in [0.29, 0.717) is 23.5 Å². The van der Waals surface area contributed by atoms with Crippen LogP contribution in [0.5, 0.6) is 5.75 Å². The zero-order valence-corrected chi connectivity index (χ0v) is 21.1. The molecule has 0 atom stereocenters. The van der Waals surface area contributed by atoms with Gasteiger partial charge in [0, 0.05) is 24.3 Å². The number of carbonyl (C=O) groups excluding carboxylic acids is 2. The zero-order valence-electron chi connectivity index (χ0n) is 19.5. The number of carbonyl (C=O) groups is 2. The summed E-state index contributed by atoms with van der Waals surface area (Å²) in [5.41, 5.74) is 3.32. The SMILES string of the molecule is CCN(CC)CCNC(=O)c1ccc(NC(=O)COc2ccc(-c3ccccc3)cc2Br)cc1. The van der Waals surface area contributed by atoms with E-state index in [9.17, 15) is 9.59 Å². The number of rotatable bonds is 11. The lowest BCUT2D eigenvalue weighted by atomic mass is 10.1. The first-order valence-corrected chi connectivity index (χ1v) is 12.2. The number of benzene rings is 3. The molecule has 178 valence electrons. The first kappa shape index (κ1) is 25.5. The zero-order chi connectivity index (χ0) is 24.3. The maximum absolute atomic E-state index is 12.3. The summed E-state index contributed by atoms with van der Waals surface area (Å²) in [6.45, 7) is 7.40. The smallest absolute Gasteiger partial charge is 0.262 e. The predicted molar refractivity (Wildman–Crippen MR) is 140 cm³/mol. The number of halogens is 1. The maximum atomic E-state index is 12.3. The van der Waals surface area contributed by atoms with Crippen LogP contribution in [0.15, 0.2) is 77.3 Å². The monoisotopic (exact) mass is 523 g/mol. The van der Waals surface area contributed by atoms with Gasteiger partial charge >= 0.3 is 0 Å². The molecule has 0 spiro atoms. The molecule has 3 rings (SSSR count). The van der Waals surface area contributed by atoms with Gasteiger partial charge in [0.1, 0.15) is 5.75 Å². The Hall–Kier alpha value is -3.16. The first-order valence-electron chi connectivity index (χ1n) is 11.4. The number of anilines is 1. The number of likely N-dealkylation sites (N-methyl/N-ethyl adjacent to an activating group) is 1. The van der Waals surface area contributed by atoms with Crippen LogP contribution in [0.3, 0.4) is 0 Å². The van der Waals surface area contributed by atoms with Gasteiger partial charge in [-0.25, -0.2) is 0 Å². The van der Waals surface area contributed by atoms with Crippen LogP contribution >= 0.6 is 15.9 Å². The molecular weight excluding hydrogens is 494 g/mol. The molecule has 0 bridgehead atoms. The van der Waals surface area contributed by atoms with E-state index >= 15 is 0 Å². The molecule has 0 fully saturated rings. The fourth-order valence-electron chi connectivity index (χ4n) is 3.44. The van der Waals surface area contributed by atoms with E-state index in [1.807, 2.05) is 48.5 Å². The van der Waals surface area contributed by atoms with Crippen molar-refractivity contribution in [1.29, 1.82) is 0 Å². The Balaban J connectivity index is 1.47. The summed E-state index contributed by atoms with van der Waals surface area (Å²) < 4.78 is 6.45. The summed E-state index contributed by atoms with van der Waals surface area (Å²) in [5, 5.41) is 5.71. The molecule has 6 nitrogen and oxygen atoms in total. The van der Waals surface area contributed by atoms with E-state index in [4.69, 9.17) is 4.74 Å². The normalized spacial score (nSPS) is 10.7. The van der Waals surface area contributed by atoms with Crippen LogP contribution in [0.1, 0.15) is 24.2 Å². The molecule has 0 aromatic heterocycles. The average Bonchev–Trinajstić information content (AvgIpc) is 2.86. The number of amides is 2. The number of hydrogen-bond acceptors (Lipinski definition) is 4. The maximum Gasteiger partial charge on any atom is 0.262 e. The van der Waals surface area contributed by atoms with E-state index in [-0.39, 0.29) is 18.4 Å². The highest BCUT2D eigenvalue weighted by molar-refractivity contribution is 9.10. The highest BCUT2D eigenvalue weighted by Crippen LogP contribution is 2.30. The average molecular weight is 524 g/mol. The van der Waals surface area contributed by atoms with Gasteiger partial charge in [-0.15, -0.1) is 0 Å². The quantitative estimate of drug-likeness (QED) is 0.362. The van der Waals surface area contributed by atoms with Gasteiger partial charge in [-0.05, 0) is 76.5 Å². The van der Waals surface area contributed by atoms with Crippen LogP contribution in [0, 0.1) is 0 Å². The van der Waals surface area contributed by atoms with Crippen molar-refractivity contribution in [3.8, 4) is 16.9 Å². The predicted octanol–water partition coefficient (Wildman–Crippen LogP) is 5.21. The summed E-state index contributed by atoms with van der Waals surface area (Å²) in [6, 6.07) is 22.6. The van der Waals surface area contributed by atoms with Crippen molar-refractivity contribution in [1.82, 2.24) is 10.2 Å². The Bertz CT molecular complexity index is 1080. The second kappa shape index (κ2) is 12.9. The Kier molecular flexibility index (Phi) is 9.67. The third kappa shape index (κ3) is 7.43. The largest absolute Gasteiger partial charge is 0.483 e. The Morgan fingerprint density at radius 3 is 2.26 bits per heavy atom. The summed E-state index contributed by atoms with van der Waals surface area (Å²) in [6.07, 6.45) is 0. The summed E-state index contributed by atoms with van der Waals surface area (Å²) in [4.78, 5) is 26.9. The van der Waals surface area contributed by atoms with Crippen LogP contribution < -0.4 is 15.4 Å². The van der Waals surface area contributed by atoms with Gasteiger partial charge in [0.25, 0.3) is 11.8 Å². The van der Waals surface area contributed by atoms with Gasteiger partial charge in [-0.3, -0.25) is 9.59 Å². The molecule has 0 heterocycles. The Labute approximate surface area is 209 Å². The Morgan fingerprint density at radius 2 is 1.62 bits per heavy atom. The fourth-order valence-corrected chi connectivity index (χ4v) is 3.94. The van der Waals surface area contributed by atoms with Crippen LogP contribution in [0.4, 0.5) is 5.69 Å².